The summed E-state index contributed by atoms with van der Waals surface area (Å²) in [7, 11) is 3.47. The highest BCUT2D eigenvalue weighted by Gasteiger charge is 2.66. The van der Waals surface area contributed by atoms with Gasteiger partial charge in [0.15, 0.2) is 11.5 Å². The Balaban J connectivity index is 1.40. The van der Waals surface area contributed by atoms with E-state index in [0.717, 1.165) is 66.8 Å². The second kappa shape index (κ2) is 8.85. The molecule has 2 fully saturated rings. The number of hydrogen-bond donors (Lipinski definition) is 1. The van der Waals surface area contributed by atoms with Crippen molar-refractivity contribution in [2.75, 3.05) is 27.2 Å². The third-order valence-corrected chi connectivity index (χ3v) is 9.22. The molecule has 2 bridgehead atoms. The molecule has 1 spiro atoms. The van der Waals surface area contributed by atoms with Crippen LogP contribution < -0.4 is 9.47 Å². The average Bonchev–Trinajstić information content (AvgIpc) is 3.23. The van der Waals surface area contributed by atoms with E-state index in [9.17, 15) is 9.90 Å². The summed E-state index contributed by atoms with van der Waals surface area (Å²) >= 11 is 0. The molecule has 2 heterocycles. The van der Waals surface area contributed by atoms with E-state index in [4.69, 9.17) is 9.47 Å². The monoisotopic (exact) mass is 498 g/mol. The summed E-state index contributed by atoms with van der Waals surface area (Å²) in [6.45, 7) is 7.76. The fraction of sp³-hybridized carbons (Fsp3) is 0.452. The number of phenols is 1. The molecule has 37 heavy (non-hydrogen) atoms. The van der Waals surface area contributed by atoms with Gasteiger partial charge in [0.25, 0.3) is 5.91 Å². The molecular weight excluding hydrogens is 464 g/mol. The summed E-state index contributed by atoms with van der Waals surface area (Å²) in [6.07, 6.45) is 5.30. The highest BCUT2D eigenvalue weighted by Crippen LogP contribution is 2.65. The van der Waals surface area contributed by atoms with Crippen molar-refractivity contribution in [1.29, 1.82) is 0 Å². The van der Waals surface area contributed by atoms with E-state index in [1.165, 1.54) is 0 Å². The van der Waals surface area contributed by atoms with Gasteiger partial charge in [0.2, 0.25) is 0 Å². The first kappa shape index (κ1) is 23.9. The first-order valence-electron chi connectivity index (χ1n) is 13.2. The van der Waals surface area contributed by atoms with Gasteiger partial charge in [-0.3, -0.25) is 9.69 Å². The summed E-state index contributed by atoms with van der Waals surface area (Å²) in [5.74, 6) is 7.69. The van der Waals surface area contributed by atoms with Crippen LogP contribution in [0.3, 0.4) is 0 Å². The number of piperidine rings is 1. The molecule has 6 heteroatoms. The Morgan fingerprint density at radius 1 is 1.38 bits per heavy atom. The van der Waals surface area contributed by atoms with Gasteiger partial charge in [0.05, 0.1) is 13.2 Å². The maximum absolute atomic E-state index is 13.3. The summed E-state index contributed by atoms with van der Waals surface area (Å²) in [5, 5.41) is 11.1. The molecule has 5 atom stereocenters. The van der Waals surface area contributed by atoms with Crippen molar-refractivity contribution in [2.24, 2.45) is 5.92 Å². The minimum Gasteiger partial charge on any atom is -0.508 e. The van der Waals surface area contributed by atoms with Crippen molar-refractivity contribution in [1.82, 2.24) is 9.80 Å². The minimum absolute atomic E-state index is 0.118. The Bertz CT molecular complexity index is 1340. The van der Waals surface area contributed by atoms with Crippen LogP contribution in [-0.2, 0) is 16.6 Å². The standard InChI is InChI=1S/C31H34N2O4/c1-5-14-33-15-13-31-22-10-11-23(32(3)27(35)12-9-20-8-6-7-19(2)16-20)30(31)37-29-26(36-4)18-25(34)21(28(29)31)17-24(22)33/h5-8,16,18,22-24,30,34H,1,10-11,13-15,17H2,2-4H3/t22-,23-,24+,30-,31-/m0/s1. The Labute approximate surface area is 218 Å². The van der Waals surface area contributed by atoms with Gasteiger partial charge in [-0.05, 0) is 62.8 Å². The van der Waals surface area contributed by atoms with E-state index < -0.39 is 0 Å². The number of carbonyl (C=O) groups is 1. The van der Waals surface area contributed by atoms with E-state index in [1.54, 1.807) is 18.1 Å². The first-order chi connectivity index (χ1) is 17.9. The lowest BCUT2D eigenvalue weighted by Crippen LogP contribution is -2.68. The molecule has 1 saturated carbocycles. The van der Waals surface area contributed by atoms with E-state index in [0.29, 0.717) is 17.7 Å². The maximum Gasteiger partial charge on any atom is 0.298 e. The number of likely N-dealkylation sites (N-methyl/N-ethyl adjacent to an activating group) is 1. The Hall–Kier alpha value is -3.43. The molecule has 0 aromatic heterocycles. The maximum atomic E-state index is 13.3. The number of hydrogen-bond acceptors (Lipinski definition) is 5. The van der Waals surface area contributed by atoms with Gasteiger partial charge in [-0.2, -0.15) is 0 Å². The van der Waals surface area contributed by atoms with Crippen LogP contribution in [0.4, 0.5) is 0 Å². The number of carbonyl (C=O) groups excluding carboxylic acids is 1. The molecule has 6 rings (SSSR count). The number of benzene rings is 2. The SMILES string of the molecule is C=CCN1CC[C@]23c4c5c(O)cc(OC)c4O[C@H]2[C@@H](N(C)C(=O)C#Cc2cccc(C)c2)CC[C@H]3[C@H]1C5. The smallest absolute Gasteiger partial charge is 0.298 e. The lowest BCUT2D eigenvalue weighted by Gasteiger charge is -2.60. The van der Waals surface area contributed by atoms with E-state index in [-0.39, 0.29) is 29.2 Å². The Kier molecular flexibility index (Phi) is 5.72. The van der Waals surface area contributed by atoms with Crippen LogP contribution in [-0.4, -0.2) is 66.2 Å². The molecule has 2 aliphatic heterocycles. The molecule has 1 amide bonds. The van der Waals surface area contributed by atoms with E-state index >= 15 is 0 Å². The summed E-state index contributed by atoms with van der Waals surface area (Å²) < 4.78 is 12.5. The number of methoxy groups -OCH3 is 1. The van der Waals surface area contributed by atoms with Gasteiger partial charge in [-0.15, -0.1) is 6.58 Å². The zero-order valence-electron chi connectivity index (χ0n) is 21.8. The van der Waals surface area contributed by atoms with Gasteiger partial charge in [-0.25, -0.2) is 0 Å². The molecule has 2 aromatic rings. The van der Waals surface area contributed by atoms with Crippen LogP contribution in [0, 0.1) is 24.7 Å². The number of aromatic hydroxyl groups is 1. The summed E-state index contributed by atoms with van der Waals surface area (Å²) in [4.78, 5) is 17.6. The predicted octanol–water partition coefficient (Wildman–Crippen LogP) is 3.81. The van der Waals surface area contributed by atoms with E-state index in [1.807, 2.05) is 44.3 Å². The van der Waals surface area contributed by atoms with Crippen LogP contribution in [0.5, 0.6) is 17.2 Å². The number of amides is 1. The number of aryl methyl sites for hydroxylation is 1. The molecule has 6 nitrogen and oxygen atoms in total. The normalized spacial score (nSPS) is 28.8. The van der Waals surface area contributed by atoms with E-state index in [2.05, 4.69) is 23.3 Å². The molecule has 0 radical (unpaired) electrons. The molecule has 2 aliphatic carbocycles. The highest BCUT2D eigenvalue weighted by molar-refractivity contribution is 5.94. The molecule has 192 valence electrons. The van der Waals surface area contributed by atoms with Crippen LogP contribution in [0.2, 0.25) is 0 Å². The third-order valence-electron chi connectivity index (χ3n) is 9.22. The van der Waals surface area contributed by atoms with Crippen molar-refractivity contribution in [3.05, 3.63) is 65.2 Å². The lowest BCUT2D eigenvalue weighted by atomic mass is 9.51. The quantitative estimate of drug-likeness (QED) is 0.513. The second-order valence-electron chi connectivity index (χ2n) is 11.0. The number of likely N-dealkylation sites (tertiary alicyclic amines) is 1. The molecule has 0 unspecified atom stereocenters. The van der Waals surface area contributed by atoms with Crippen LogP contribution >= 0.6 is 0 Å². The van der Waals surface area contributed by atoms with Crippen molar-refractivity contribution in [2.45, 2.75) is 56.2 Å². The fourth-order valence-corrected chi connectivity index (χ4v) is 7.68. The van der Waals surface area contributed by atoms with Gasteiger partial charge < -0.3 is 19.5 Å². The Morgan fingerprint density at radius 2 is 2.22 bits per heavy atom. The topological polar surface area (TPSA) is 62.2 Å². The zero-order chi connectivity index (χ0) is 25.9. The van der Waals surface area contributed by atoms with Crippen molar-refractivity contribution in [3.8, 4) is 29.1 Å². The molecule has 1 saturated heterocycles. The van der Waals surface area contributed by atoms with Crippen LogP contribution in [0.25, 0.3) is 0 Å². The van der Waals surface area contributed by atoms with Gasteiger partial charge in [0, 0.05) is 53.7 Å². The van der Waals surface area contributed by atoms with Gasteiger partial charge in [0.1, 0.15) is 11.9 Å². The Morgan fingerprint density at radius 3 is 2.97 bits per heavy atom. The number of nitrogens with zero attached hydrogens (tertiary/aromatic N) is 2. The van der Waals surface area contributed by atoms with Gasteiger partial charge in [-0.1, -0.05) is 24.1 Å². The number of phenolic OH excluding ortho intramolecular Hbond substituents is 1. The van der Waals surface area contributed by atoms with Crippen molar-refractivity contribution in [3.63, 3.8) is 0 Å². The van der Waals surface area contributed by atoms with Gasteiger partial charge >= 0.3 is 0 Å². The van der Waals surface area contributed by atoms with Crippen molar-refractivity contribution < 1.29 is 19.4 Å². The van der Waals surface area contributed by atoms with Crippen LogP contribution in [0.15, 0.2) is 43.0 Å². The number of ether oxygens (including phenoxy) is 2. The largest absolute Gasteiger partial charge is 0.508 e. The second-order valence-corrected chi connectivity index (χ2v) is 11.0. The lowest BCUT2D eigenvalue weighted by molar-refractivity contribution is -0.134. The molecular formula is C31H34N2O4. The predicted molar refractivity (Wildman–Crippen MR) is 142 cm³/mol. The molecule has 2 aromatic carbocycles. The number of rotatable bonds is 4. The fourth-order valence-electron chi connectivity index (χ4n) is 7.68. The third kappa shape index (κ3) is 3.48. The summed E-state index contributed by atoms with van der Waals surface area (Å²) in [5.41, 5.74) is 3.78. The molecule has 1 N–H and O–H groups in total. The molecule has 4 aliphatic rings. The zero-order valence-corrected chi connectivity index (χ0v) is 21.8. The highest BCUT2D eigenvalue weighted by atomic mass is 16.5. The van der Waals surface area contributed by atoms with Crippen molar-refractivity contribution >= 4 is 5.91 Å². The van der Waals surface area contributed by atoms with Crippen LogP contribution in [0.1, 0.15) is 41.5 Å². The summed E-state index contributed by atoms with van der Waals surface area (Å²) in [6, 6.07) is 9.76. The minimum atomic E-state index is -0.265. The first-order valence-corrected chi connectivity index (χ1v) is 13.2. The average molecular weight is 499 g/mol.